The smallest absolute Gasteiger partial charge is 0.222 e. The lowest BCUT2D eigenvalue weighted by Crippen LogP contribution is -2.28. The molecule has 1 heterocycles. The Morgan fingerprint density at radius 2 is 1.93 bits per heavy atom. The second-order valence-electron chi connectivity index (χ2n) is 3.68. The zero-order chi connectivity index (χ0) is 9.97. The van der Waals surface area contributed by atoms with Gasteiger partial charge in [0.2, 0.25) is 5.91 Å². The van der Waals surface area contributed by atoms with Crippen LogP contribution in [0, 0.1) is 5.92 Å². The van der Waals surface area contributed by atoms with Crippen molar-refractivity contribution in [2.45, 2.75) is 5.92 Å². The highest BCUT2D eigenvalue weighted by Gasteiger charge is 2.32. The summed E-state index contributed by atoms with van der Waals surface area (Å²) in [5, 5.41) is 3.20. The number of hydrogen-bond donors (Lipinski definition) is 2. The Morgan fingerprint density at radius 1 is 1.27 bits per heavy atom. The molecule has 4 heteroatoms. The van der Waals surface area contributed by atoms with Crippen LogP contribution in [0.1, 0.15) is 11.5 Å². The van der Waals surface area contributed by atoms with E-state index in [1.54, 1.807) is 0 Å². The van der Waals surface area contributed by atoms with E-state index in [0.717, 1.165) is 6.54 Å². The van der Waals surface area contributed by atoms with Gasteiger partial charge in [-0.3, -0.25) is 4.79 Å². The van der Waals surface area contributed by atoms with Crippen molar-refractivity contribution in [3.8, 4) is 0 Å². The third kappa shape index (κ3) is 2.49. The van der Waals surface area contributed by atoms with Crippen LogP contribution in [0.3, 0.4) is 0 Å². The highest BCUT2D eigenvalue weighted by atomic mass is 35.5. The quantitative estimate of drug-likeness (QED) is 0.787. The second kappa shape index (κ2) is 5.14. The lowest BCUT2D eigenvalue weighted by Gasteiger charge is -2.15. The minimum atomic E-state index is -0.205. The van der Waals surface area contributed by atoms with E-state index in [-0.39, 0.29) is 30.2 Å². The van der Waals surface area contributed by atoms with Crippen molar-refractivity contribution in [1.82, 2.24) is 5.32 Å². The van der Waals surface area contributed by atoms with Crippen molar-refractivity contribution in [2.75, 3.05) is 13.1 Å². The molecule has 1 aromatic carbocycles. The van der Waals surface area contributed by atoms with Gasteiger partial charge in [-0.1, -0.05) is 30.3 Å². The molecule has 0 aromatic heterocycles. The summed E-state index contributed by atoms with van der Waals surface area (Å²) in [6.45, 7) is 1.55. The Balaban J connectivity index is 0.00000112. The number of primary amides is 1. The SMILES string of the molecule is Cl.NC(=O)C1CNCC1c1ccccc1. The van der Waals surface area contributed by atoms with Crippen molar-refractivity contribution in [3.05, 3.63) is 35.9 Å². The summed E-state index contributed by atoms with van der Waals surface area (Å²) >= 11 is 0. The van der Waals surface area contributed by atoms with Crippen molar-refractivity contribution < 1.29 is 4.79 Å². The summed E-state index contributed by atoms with van der Waals surface area (Å²) in [5.41, 5.74) is 6.54. The zero-order valence-corrected chi connectivity index (χ0v) is 9.17. The summed E-state index contributed by atoms with van der Waals surface area (Å²) in [4.78, 5) is 11.2. The van der Waals surface area contributed by atoms with E-state index in [0.29, 0.717) is 6.54 Å². The number of rotatable bonds is 2. The normalized spacial score (nSPS) is 24.5. The van der Waals surface area contributed by atoms with Crippen LogP contribution in [0.25, 0.3) is 0 Å². The summed E-state index contributed by atoms with van der Waals surface area (Å²) in [7, 11) is 0. The number of halogens is 1. The molecule has 1 fully saturated rings. The molecule has 1 saturated heterocycles. The molecule has 1 aliphatic rings. The van der Waals surface area contributed by atoms with Gasteiger partial charge in [0.05, 0.1) is 5.92 Å². The Hall–Kier alpha value is -1.06. The van der Waals surface area contributed by atoms with Crippen molar-refractivity contribution in [1.29, 1.82) is 0 Å². The fourth-order valence-corrected chi connectivity index (χ4v) is 2.03. The average Bonchev–Trinajstić information content (AvgIpc) is 2.67. The Labute approximate surface area is 95.5 Å². The molecule has 3 N–H and O–H groups in total. The van der Waals surface area contributed by atoms with Gasteiger partial charge in [0, 0.05) is 19.0 Å². The van der Waals surface area contributed by atoms with Crippen LogP contribution in [0.5, 0.6) is 0 Å². The predicted octanol–water partition coefficient (Wildman–Crippen LogP) is 0.897. The van der Waals surface area contributed by atoms with Crippen molar-refractivity contribution in [2.24, 2.45) is 11.7 Å². The van der Waals surface area contributed by atoms with Crippen molar-refractivity contribution >= 4 is 18.3 Å². The van der Waals surface area contributed by atoms with Gasteiger partial charge >= 0.3 is 0 Å². The van der Waals surface area contributed by atoms with E-state index in [2.05, 4.69) is 5.32 Å². The van der Waals surface area contributed by atoms with Crippen LogP contribution >= 0.6 is 12.4 Å². The van der Waals surface area contributed by atoms with E-state index < -0.39 is 0 Å². The maximum absolute atomic E-state index is 11.2. The molecular formula is C11H15ClN2O. The third-order valence-corrected chi connectivity index (χ3v) is 2.81. The number of benzene rings is 1. The Bertz CT molecular complexity index is 329. The molecule has 1 aliphatic heterocycles. The van der Waals surface area contributed by atoms with E-state index >= 15 is 0 Å². The largest absolute Gasteiger partial charge is 0.369 e. The number of nitrogens with one attached hydrogen (secondary N) is 1. The predicted molar refractivity (Wildman–Crippen MR) is 62.0 cm³/mol. The molecule has 1 amide bonds. The topological polar surface area (TPSA) is 55.1 Å². The van der Waals surface area contributed by atoms with Gasteiger partial charge in [-0.05, 0) is 5.56 Å². The molecule has 2 atom stereocenters. The summed E-state index contributed by atoms with van der Waals surface area (Å²) in [6.07, 6.45) is 0. The molecule has 0 aliphatic carbocycles. The van der Waals surface area contributed by atoms with E-state index in [1.807, 2.05) is 30.3 Å². The van der Waals surface area contributed by atoms with Gasteiger partial charge in [0.15, 0.2) is 0 Å². The molecule has 15 heavy (non-hydrogen) atoms. The molecule has 0 bridgehead atoms. The standard InChI is InChI=1S/C11H14N2O.ClH/c12-11(14)10-7-13-6-9(10)8-4-2-1-3-5-8;/h1-5,9-10,13H,6-7H2,(H2,12,14);1H. The van der Waals surface area contributed by atoms with Crippen LogP contribution in [-0.4, -0.2) is 19.0 Å². The highest BCUT2D eigenvalue weighted by molar-refractivity contribution is 5.85. The van der Waals surface area contributed by atoms with Gasteiger partial charge in [-0.2, -0.15) is 0 Å². The summed E-state index contributed by atoms with van der Waals surface area (Å²) in [5.74, 6) is -0.0186. The first-order valence-electron chi connectivity index (χ1n) is 4.84. The van der Waals surface area contributed by atoms with Crippen LogP contribution in [0.15, 0.2) is 30.3 Å². The Morgan fingerprint density at radius 3 is 2.53 bits per heavy atom. The fraction of sp³-hybridized carbons (Fsp3) is 0.364. The summed E-state index contributed by atoms with van der Waals surface area (Å²) < 4.78 is 0. The number of carbonyl (C=O) groups is 1. The van der Waals surface area contributed by atoms with Gasteiger partial charge < -0.3 is 11.1 Å². The maximum Gasteiger partial charge on any atom is 0.222 e. The lowest BCUT2D eigenvalue weighted by molar-refractivity contribution is -0.121. The van der Waals surface area contributed by atoms with E-state index in [4.69, 9.17) is 5.73 Å². The van der Waals surface area contributed by atoms with Crippen LogP contribution in [0.4, 0.5) is 0 Å². The van der Waals surface area contributed by atoms with Gasteiger partial charge in [0.25, 0.3) is 0 Å². The number of amides is 1. The Kier molecular flexibility index (Phi) is 4.12. The second-order valence-corrected chi connectivity index (χ2v) is 3.68. The maximum atomic E-state index is 11.2. The van der Waals surface area contributed by atoms with Crippen LogP contribution in [0.2, 0.25) is 0 Å². The monoisotopic (exact) mass is 226 g/mol. The molecule has 3 nitrogen and oxygen atoms in total. The molecule has 2 rings (SSSR count). The molecule has 0 spiro atoms. The molecule has 0 radical (unpaired) electrons. The first-order chi connectivity index (χ1) is 6.79. The number of carbonyl (C=O) groups excluding carboxylic acids is 1. The summed E-state index contributed by atoms with van der Waals surface area (Å²) in [6, 6.07) is 10.1. The average molecular weight is 227 g/mol. The zero-order valence-electron chi connectivity index (χ0n) is 8.35. The van der Waals surface area contributed by atoms with E-state index in [1.165, 1.54) is 5.56 Å². The minimum Gasteiger partial charge on any atom is -0.369 e. The molecular weight excluding hydrogens is 212 g/mol. The van der Waals surface area contributed by atoms with E-state index in [9.17, 15) is 4.79 Å². The molecule has 0 saturated carbocycles. The van der Waals surface area contributed by atoms with Gasteiger partial charge in [-0.25, -0.2) is 0 Å². The number of nitrogens with two attached hydrogens (primary N) is 1. The van der Waals surface area contributed by atoms with Crippen LogP contribution in [-0.2, 0) is 4.79 Å². The molecule has 2 unspecified atom stereocenters. The van der Waals surface area contributed by atoms with Gasteiger partial charge in [-0.15, -0.1) is 12.4 Å². The first kappa shape index (κ1) is 12.0. The van der Waals surface area contributed by atoms with Crippen LogP contribution < -0.4 is 11.1 Å². The van der Waals surface area contributed by atoms with Crippen molar-refractivity contribution in [3.63, 3.8) is 0 Å². The number of hydrogen-bond acceptors (Lipinski definition) is 2. The molecule has 82 valence electrons. The fourth-order valence-electron chi connectivity index (χ4n) is 2.03. The first-order valence-corrected chi connectivity index (χ1v) is 4.84. The van der Waals surface area contributed by atoms with Gasteiger partial charge in [0.1, 0.15) is 0 Å². The minimum absolute atomic E-state index is 0. The third-order valence-electron chi connectivity index (χ3n) is 2.81. The highest BCUT2D eigenvalue weighted by Crippen LogP contribution is 2.27. The molecule has 1 aromatic rings. The lowest BCUT2D eigenvalue weighted by atomic mass is 9.89.